The number of fused-ring (bicyclic) bond motifs is 9. The number of para-hydroxylation sites is 2. The molecule has 0 radical (unpaired) electrons. The van der Waals surface area contributed by atoms with Crippen molar-refractivity contribution in [2.75, 3.05) is 4.90 Å². The molecule has 59 heavy (non-hydrogen) atoms. The standard InChI is InChI=1S/C56H35NO2/c1-2-13-37(14-3-1)55-47-21-6-4-17-43(47)44-18-5-7-22-48(44)56(55)39-16-12-15-38(33-39)36-25-27-40(28-26-36)57(41-29-31-53-49(34-41)45-19-8-10-23-51(45)58-53)42-30-32-54-50(35-42)46-20-9-11-24-52(46)59-54/h1-35H. The smallest absolute Gasteiger partial charge is 0.135 e. The second-order valence-electron chi connectivity index (χ2n) is 15.2. The summed E-state index contributed by atoms with van der Waals surface area (Å²) in [4.78, 5) is 2.33. The van der Waals surface area contributed by atoms with Gasteiger partial charge < -0.3 is 13.7 Å². The van der Waals surface area contributed by atoms with Gasteiger partial charge in [0.1, 0.15) is 22.3 Å². The van der Waals surface area contributed by atoms with Gasteiger partial charge in [0.05, 0.1) is 0 Å². The van der Waals surface area contributed by atoms with E-state index in [1.54, 1.807) is 0 Å². The summed E-state index contributed by atoms with van der Waals surface area (Å²) in [6.07, 6.45) is 0. The fourth-order valence-corrected chi connectivity index (χ4v) is 9.16. The largest absolute Gasteiger partial charge is 0.456 e. The van der Waals surface area contributed by atoms with Gasteiger partial charge in [0.2, 0.25) is 0 Å². The van der Waals surface area contributed by atoms with Crippen molar-refractivity contribution < 1.29 is 8.83 Å². The summed E-state index contributed by atoms with van der Waals surface area (Å²) in [5.41, 5.74) is 13.9. The van der Waals surface area contributed by atoms with E-state index in [4.69, 9.17) is 8.83 Å². The predicted molar refractivity (Wildman–Crippen MR) is 247 cm³/mol. The first-order valence-electron chi connectivity index (χ1n) is 20.1. The third-order valence-corrected chi connectivity index (χ3v) is 11.8. The highest BCUT2D eigenvalue weighted by atomic mass is 16.3. The van der Waals surface area contributed by atoms with E-state index in [0.717, 1.165) is 72.1 Å². The van der Waals surface area contributed by atoms with Crippen LogP contribution in [0.15, 0.2) is 221 Å². The van der Waals surface area contributed by atoms with Crippen LogP contribution in [0, 0.1) is 0 Å². The number of hydrogen-bond donors (Lipinski definition) is 0. The van der Waals surface area contributed by atoms with Gasteiger partial charge >= 0.3 is 0 Å². The van der Waals surface area contributed by atoms with Gasteiger partial charge in [-0.1, -0.05) is 146 Å². The minimum Gasteiger partial charge on any atom is -0.456 e. The first kappa shape index (κ1) is 33.3. The van der Waals surface area contributed by atoms with Crippen molar-refractivity contribution in [3.63, 3.8) is 0 Å². The highest BCUT2D eigenvalue weighted by Crippen LogP contribution is 2.46. The first-order valence-corrected chi connectivity index (χ1v) is 20.1. The molecule has 0 aliphatic carbocycles. The molecule has 0 aliphatic heterocycles. The second-order valence-corrected chi connectivity index (χ2v) is 15.2. The lowest BCUT2D eigenvalue weighted by molar-refractivity contribution is 0.668. The zero-order valence-electron chi connectivity index (χ0n) is 32.0. The molecule has 0 N–H and O–H groups in total. The molecule has 0 spiro atoms. The van der Waals surface area contributed by atoms with Crippen LogP contribution in [0.3, 0.4) is 0 Å². The Kier molecular flexibility index (Phi) is 7.54. The van der Waals surface area contributed by atoms with Crippen LogP contribution in [-0.4, -0.2) is 0 Å². The minimum atomic E-state index is 0.871. The molecule has 2 aromatic heterocycles. The molecule has 12 rings (SSSR count). The molecule has 10 aromatic carbocycles. The zero-order valence-corrected chi connectivity index (χ0v) is 32.0. The lowest BCUT2D eigenvalue weighted by atomic mass is 9.84. The maximum absolute atomic E-state index is 6.25. The molecule has 0 saturated heterocycles. The summed E-state index contributed by atoms with van der Waals surface area (Å²) >= 11 is 0. The molecule has 0 unspecified atom stereocenters. The van der Waals surface area contributed by atoms with Crippen molar-refractivity contribution in [1.29, 1.82) is 0 Å². The molecule has 12 aromatic rings. The Morgan fingerprint density at radius 3 is 1.24 bits per heavy atom. The summed E-state index contributed by atoms with van der Waals surface area (Å²) < 4.78 is 12.5. The fourth-order valence-electron chi connectivity index (χ4n) is 9.16. The minimum absolute atomic E-state index is 0.871. The molecule has 0 atom stereocenters. The Morgan fingerprint density at radius 2 is 0.661 bits per heavy atom. The molecule has 3 nitrogen and oxygen atoms in total. The number of benzene rings is 10. The SMILES string of the molecule is c1ccc(-c2c(-c3cccc(-c4ccc(N(c5ccc6oc7ccccc7c6c5)c5ccc6oc7ccccc7c6c5)cc4)c3)c3ccccc3c3ccccc23)cc1. The molecule has 276 valence electrons. The normalized spacial score (nSPS) is 11.7. The van der Waals surface area contributed by atoms with Crippen LogP contribution < -0.4 is 4.90 Å². The molecule has 3 heteroatoms. The fraction of sp³-hybridized carbons (Fsp3) is 0. The number of hydrogen-bond acceptors (Lipinski definition) is 3. The third-order valence-electron chi connectivity index (χ3n) is 11.8. The molecule has 0 amide bonds. The molecular weight excluding hydrogens is 719 g/mol. The van der Waals surface area contributed by atoms with E-state index in [2.05, 4.69) is 193 Å². The Labute approximate surface area is 340 Å². The van der Waals surface area contributed by atoms with Crippen LogP contribution in [0.1, 0.15) is 0 Å². The molecule has 0 fully saturated rings. The average molecular weight is 754 g/mol. The maximum atomic E-state index is 6.25. The van der Waals surface area contributed by atoms with Gasteiger partial charge in [-0.05, 0) is 122 Å². The van der Waals surface area contributed by atoms with Crippen LogP contribution in [0.25, 0.3) is 98.8 Å². The summed E-state index contributed by atoms with van der Waals surface area (Å²) in [5, 5.41) is 9.40. The summed E-state index contributed by atoms with van der Waals surface area (Å²) in [7, 11) is 0. The number of anilines is 3. The average Bonchev–Trinajstić information content (AvgIpc) is 3.87. The lowest BCUT2D eigenvalue weighted by Gasteiger charge is -2.26. The number of furan rings is 2. The van der Waals surface area contributed by atoms with Crippen LogP contribution >= 0.6 is 0 Å². The Balaban J connectivity index is 1.01. The summed E-state index contributed by atoms with van der Waals surface area (Å²) in [5.74, 6) is 0. The van der Waals surface area contributed by atoms with Gasteiger partial charge in [0.25, 0.3) is 0 Å². The van der Waals surface area contributed by atoms with E-state index in [9.17, 15) is 0 Å². The van der Waals surface area contributed by atoms with Crippen molar-refractivity contribution in [2.45, 2.75) is 0 Å². The quantitative estimate of drug-likeness (QED) is 0.158. The number of rotatable bonds is 6. The van der Waals surface area contributed by atoms with Gasteiger partial charge in [-0.25, -0.2) is 0 Å². The van der Waals surface area contributed by atoms with E-state index in [-0.39, 0.29) is 0 Å². The maximum Gasteiger partial charge on any atom is 0.135 e. The van der Waals surface area contributed by atoms with Crippen molar-refractivity contribution in [3.05, 3.63) is 212 Å². The van der Waals surface area contributed by atoms with Gasteiger partial charge in [-0.3, -0.25) is 0 Å². The van der Waals surface area contributed by atoms with Crippen molar-refractivity contribution in [3.8, 4) is 33.4 Å². The van der Waals surface area contributed by atoms with Gasteiger partial charge in [-0.15, -0.1) is 0 Å². The monoisotopic (exact) mass is 753 g/mol. The van der Waals surface area contributed by atoms with E-state index in [1.807, 2.05) is 24.3 Å². The number of nitrogens with zero attached hydrogens (tertiary/aromatic N) is 1. The summed E-state index contributed by atoms with van der Waals surface area (Å²) in [6, 6.07) is 75.9. The molecular formula is C56H35NO2. The zero-order chi connectivity index (χ0) is 38.9. The van der Waals surface area contributed by atoms with Crippen LogP contribution in [0.5, 0.6) is 0 Å². The highest BCUT2D eigenvalue weighted by Gasteiger charge is 2.20. The van der Waals surface area contributed by atoms with E-state index in [1.165, 1.54) is 43.8 Å². The summed E-state index contributed by atoms with van der Waals surface area (Å²) in [6.45, 7) is 0. The van der Waals surface area contributed by atoms with Crippen molar-refractivity contribution >= 4 is 82.5 Å². The van der Waals surface area contributed by atoms with Crippen LogP contribution in [0.4, 0.5) is 17.1 Å². The molecule has 0 saturated carbocycles. The first-order chi connectivity index (χ1) is 29.2. The van der Waals surface area contributed by atoms with E-state index < -0.39 is 0 Å². The Hall–Kier alpha value is -7.88. The highest BCUT2D eigenvalue weighted by molar-refractivity contribution is 6.21. The lowest BCUT2D eigenvalue weighted by Crippen LogP contribution is -2.09. The molecule has 0 bridgehead atoms. The van der Waals surface area contributed by atoms with Gasteiger partial charge in [0.15, 0.2) is 0 Å². The van der Waals surface area contributed by atoms with E-state index >= 15 is 0 Å². The Bertz CT molecular complexity index is 3440. The third kappa shape index (κ3) is 5.44. The van der Waals surface area contributed by atoms with Crippen molar-refractivity contribution in [2.24, 2.45) is 0 Å². The Morgan fingerprint density at radius 1 is 0.237 bits per heavy atom. The van der Waals surface area contributed by atoms with Crippen molar-refractivity contribution in [1.82, 2.24) is 0 Å². The van der Waals surface area contributed by atoms with Crippen LogP contribution in [-0.2, 0) is 0 Å². The van der Waals surface area contributed by atoms with Gasteiger partial charge in [-0.2, -0.15) is 0 Å². The van der Waals surface area contributed by atoms with Gasteiger partial charge in [0, 0.05) is 38.6 Å². The molecule has 0 aliphatic rings. The predicted octanol–water partition coefficient (Wildman–Crippen LogP) is 16.3. The van der Waals surface area contributed by atoms with E-state index in [0.29, 0.717) is 0 Å². The van der Waals surface area contributed by atoms with Crippen LogP contribution in [0.2, 0.25) is 0 Å². The second kappa shape index (κ2) is 13.4. The molecule has 2 heterocycles. The topological polar surface area (TPSA) is 29.5 Å².